The Morgan fingerprint density at radius 3 is 2.26 bits per heavy atom. The Morgan fingerprint density at radius 2 is 1.59 bits per heavy atom. The van der Waals surface area contributed by atoms with Crippen LogP contribution in [0.4, 0.5) is 5.82 Å². The maximum atomic E-state index is 6.22. The maximum Gasteiger partial charge on any atom is 0.146 e. The van der Waals surface area contributed by atoms with Crippen molar-refractivity contribution in [3.63, 3.8) is 0 Å². The molecule has 0 aliphatic rings. The summed E-state index contributed by atoms with van der Waals surface area (Å²) in [5.74, 6) is 2.11. The van der Waals surface area contributed by atoms with Gasteiger partial charge in [0.15, 0.2) is 0 Å². The van der Waals surface area contributed by atoms with E-state index < -0.39 is 0 Å². The number of fused-ring (bicyclic) bond motifs is 1. The summed E-state index contributed by atoms with van der Waals surface area (Å²) in [4.78, 5) is 8.70. The van der Waals surface area contributed by atoms with Gasteiger partial charge in [0.25, 0.3) is 0 Å². The van der Waals surface area contributed by atoms with Crippen LogP contribution in [0.1, 0.15) is 25.6 Å². The molecule has 0 spiro atoms. The van der Waals surface area contributed by atoms with Crippen LogP contribution in [0.3, 0.4) is 0 Å². The van der Waals surface area contributed by atoms with Crippen LogP contribution in [0.2, 0.25) is 0 Å². The third kappa shape index (κ3) is 3.01. The molecule has 0 saturated heterocycles. The number of para-hydroxylation sites is 1. The predicted molar refractivity (Wildman–Crippen MR) is 109 cm³/mol. The molecule has 0 unspecified atom stereocenters. The van der Waals surface area contributed by atoms with Gasteiger partial charge < -0.3 is 15.0 Å². The summed E-state index contributed by atoms with van der Waals surface area (Å²) in [7, 11) is 0. The Morgan fingerprint density at radius 1 is 0.926 bits per heavy atom. The third-order valence-corrected chi connectivity index (χ3v) is 4.70. The Labute approximate surface area is 158 Å². The summed E-state index contributed by atoms with van der Waals surface area (Å²) in [6.07, 6.45) is 1.52. The maximum absolute atomic E-state index is 6.22. The van der Waals surface area contributed by atoms with Crippen molar-refractivity contribution in [1.29, 1.82) is 0 Å². The average Bonchev–Trinajstić information content (AvgIpc) is 2.97. The van der Waals surface area contributed by atoms with Crippen LogP contribution < -0.4 is 10.5 Å². The molecule has 2 heterocycles. The number of rotatable bonds is 4. The molecule has 0 saturated carbocycles. The highest BCUT2D eigenvalue weighted by Crippen LogP contribution is 2.38. The molecule has 0 aliphatic heterocycles. The first-order valence-electron chi connectivity index (χ1n) is 9.00. The molecule has 136 valence electrons. The quantitative estimate of drug-likeness (QED) is 0.533. The summed E-state index contributed by atoms with van der Waals surface area (Å²) in [6.45, 7) is 6.39. The Bertz CT molecular complexity index is 1080. The zero-order chi connectivity index (χ0) is 19.0. The summed E-state index contributed by atoms with van der Waals surface area (Å²) >= 11 is 0. The number of hydrogen-bond donors (Lipinski definition) is 1. The largest absolute Gasteiger partial charge is 0.457 e. The Hall–Kier alpha value is -3.34. The number of ether oxygens (including phenoxy) is 1. The Kier molecular flexibility index (Phi) is 4.28. The van der Waals surface area contributed by atoms with Crippen LogP contribution in [-0.2, 0) is 0 Å². The fourth-order valence-electron chi connectivity index (χ4n) is 3.57. The van der Waals surface area contributed by atoms with Gasteiger partial charge in [-0.1, -0.05) is 30.3 Å². The second-order valence-electron chi connectivity index (χ2n) is 6.82. The van der Waals surface area contributed by atoms with E-state index in [1.165, 1.54) is 6.33 Å². The molecule has 0 aliphatic carbocycles. The van der Waals surface area contributed by atoms with Crippen molar-refractivity contribution in [3.8, 4) is 22.6 Å². The van der Waals surface area contributed by atoms with Gasteiger partial charge in [-0.3, -0.25) is 0 Å². The molecule has 0 atom stereocenters. The molecule has 4 rings (SSSR count). The number of nitrogens with two attached hydrogens (primary N) is 1. The van der Waals surface area contributed by atoms with E-state index in [1.807, 2.05) is 42.5 Å². The van der Waals surface area contributed by atoms with Crippen molar-refractivity contribution in [2.45, 2.75) is 26.8 Å². The van der Waals surface area contributed by atoms with Gasteiger partial charge in [-0.2, -0.15) is 0 Å². The highest BCUT2D eigenvalue weighted by Gasteiger charge is 2.20. The molecule has 0 fully saturated rings. The van der Waals surface area contributed by atoms with Gasteiger partial charge >= 0.3 is 0 Å². The van der Waals surface area contributed by atoms with E-state index in [1.54, 1.807) is 0 Å². The van der Waals surface area contributed by atoms with Crippen LogP contribution in [0, 0.1) is 6.92 Å². The molecule has 0 amide bonds. The number of aromatic nitrogens is 3. The van der Waals surface area contributed by atoms with E-state index in [0.717, 1.165) is 39.4 Å². The molecular weight excluding hydrogens is 336 g/mol. The number of anilines is 1. The van der Waals surface area contributed by atoms with E-state index in [9.17, 15) is 0 Å². The molecule has 0 radical (unpaired) electrons. The second-order valence-corrected chi connectivity index (χ2v) is 6.82. The first-order chi connectivity index (χ1) is 13.1. The summed E-state index contributed by atoms with van der Waals surface area (Å²) in [5, 5.41) is 0.903. The molecule has 2 aromatic heterocycles. The summed E-state index contributed by atoms with van der Waals surface area (Å²) < 4.78 is 8.10. The molecule has 4 aromatic rings. The van der Waals surface area contributed by atoms with E-state index in [4.69, 9.17) is 10.5 Å². The van der Waals surface area contributed by atoms with Crippen molar-refractivity contribution >= 4 is 16.9 Å². The minimum Gasteiger partial charge on any atom is -0.457 e. The van der Waals surface area contributed by atoms with Crippen LogP contribution >= 0.6 is 0 Å². The van der Waals surface area contributed by atoms with Gasteiger partial charge in [-0.05, 0) is 50.6 Å². The zero-order valence-corrected chi connectivity index (χ0v) is 15.7. The monoisotopic (exact) mass is 358 g/mol. The highest BCUT2D eigenvalue weighted by molar-refractivity contribution is 6.02. The van der Waals surface area contributed by atoms with Crippen LogP contribution in [-0.4, -0.2) is 14.5 Å². The van der Waals surface area contributed by atoms with Crippen molar-refractivity contribution in [3.05, 3.63) is 66.6 Å². The lowest BCUT2D eigenvalue weighted by atomic mass is 10.0. The fraction of sp³-hybridized carbons (Fsp3) is 0.182. The molecular formula is C22H22N4O. The van der Waals surface area contributed by atoms with E-state index in [-0.39, 0.29) is 6.04 Å². The van der Waals surface area contributed by atoms with Crippen LogP contribution in [0.5, 0.6) is 11.5 Å². The highest BCUT2D eigenvalue weighted by atomic mass is 16.5. The van der Waals surface area contributed by atoms with Gasteiger partial charge in [-0.15, -0.1) is 0 Å². The zero-order valence-electron chi connectivity index (χ0n) is 15.7. The van der Waals surface area contributed by atoms with Gasteiger partial charge in [0.1, 0.15) is 29.3 Å². The fourth-order valence-corrected chi connectivity index (χ4v) is 3.57. The number of hydrogen-bond acceptors (Lipinski definition) is 4. The van der Waals surface area contributed by atoms with Gasteiger partial charge in [0.05, 0.1) is 5.39 Å². The summed E-state index contributed by atoms with van der Waals surface area (Å²) in [5.41, 5.74) is 10.4. The first-order valence-corrected chi connectivity index (χ1v) is 9.00. The third-order valence-electron chi connectivity index (χ3n) is 4.70. The van der Waals surface area contributed by atoms with Gasteiger partial charge in [0.2, 0.25) is 0 Å². The molecule has 2 aromatic carbocycles. The van der Waals surface area contributed by atoms with Crippen molar-refractivity contribution in [2.75, 3.05) is 5.73 Å². The molecule has 5 heteroatoms. The molecule has 2 N–H and O–H groups in total. The van der Waals surface area contributed by atoms with E-state index in [0.29, 0.717) is 5.82 Å². The lowest BCUT2D eigenvalue weighted by molar-refractivity contribution is 0.483. The van der Waals surface area contributed by atoms with Gasteiger partial charge in [-0.25, -0.2) is 9.97 Å². The van der Waals surface area contributed by atoms with Gasteiger partial charge in [0, 0.05) is 17.3 Å². The number of benzene rings is 2. The molecule has 5 nitrogen and oxygen atoms in total. The van der Waals surface area contributed by atoms with E-state index in [2.05, 4.69) is 47.4 Å². The topological polar surface area (TPSA) is 66.0 Å². The first kappa shape index (κ1) is 17.1. The standard InChI is InChI=1S/C22H22N4O/c1-14(2)26-15(3)19(20-21(23)24-13-25-22(20)26)16-9-11-18(12-10-16)27-17-7-5-4-6-8-17/h4-14H,1-3H3,(H2,23,24,25). The molecule has 0 bridgehead atoms. The number of nitrogens with zero attached hydrogens (tertiary/aromatic N) is 3. The number of nitrogen functional groups attached to an aromatic ring is 1. The lowest BCUT2D eigenvalue weighted by Gasteiger charge is -2.12. The van der Waals surface area contributed by atoms with Crippen molar-refractivity contribution < 1.29 is 4.74 Å². The minimum atomic E-state index is 0.274. The normalized spacial score (nSPS) is 11.3. The molecule has 27 heavy (non-hydrogen) atoms. The van der Waals surface area contributed by atoms with Crippen LogP contribution in [0.15, 0.2) is 60.9 Å². The average molecular weight is 358 g/mol. The second kappa shape index (κ2) is 6.76. The Balaban J connectivity index is 1.80. The van der Waals surface area contributed by atoms with E-state index >= 15 is 0 Å². The SMILES string of the molecule is Cc1c(-c2ccc(Oc3ccccc3)cc2)c2c(N)ncnc2n1C(C)C. The summed E-state index contributed by atoms with van der Waals surface area (Å²) in [6, 6.07) is 18.1. The smallest absolute Gasteiger partial charge is 0.146 e. The van der Waals surface area contributed by atoms with Crippen molar-refractivity contribution in [1.82, 2.24) is 14.5 Å². The lowest BCUT2D eigenvalue weighted by Crippen LogP contribution is -2.04. The van der Waals surface area contributed by atoms with Crippen LogP contribution in [0.25, 0.3) is 22.2 Å². The minimum absolute atomic E-state index is 0.274. The van der Waals surface area contributed by atoms with Crippen molar-refractivity contribution in [2.24, 2.45) is 0 Å². The predicted octanol–water partition coefficient (Wildman–Crippen LogP) is 5.36.